The van der Waals surface area contributed by atoms with Crippen molar-refractivity contribution in [2.24, 2.45) is 0 Å². The van der Waals surface area contributed by atoms with Gasteiger partial charge in [0.05, 0.1) is 0 Å². The molecule has 18 heavy (non-hydrogen) atoms. The summed E-state index contributed by atoms with van der Waals surface area (Å²) in [5.41, 5.74) is 0.689. The van der Waals surface area contributed by atoms with E-state index >= 15 is 0 Å². The van der Waals surface area contributed by atoms with Crippen LogP contribution in [-0.2, 0) is 6.42 Å². The lowest BCUT2D eigenvalue weighted by Crippen LogP contribution is -2.05. The zero-order valence-corrected chi connectivity index (χ0v) is 10.9. The molecule has 0 atom stereocenters. The van der Waals surface area contributed by atoms with Crippen LogP contribution in [0.4, 0.5) is 8.78 Å². The molecule has 92 valence electrons. The predicted octanol–water partition coefficient (Wildman–Crippen LogP) is 4.15. The summed E-state index contributed by atoms with van der Waals surface area (Å²) >= 11 is 3.26. The van der Waals surface area contributed by atoms with E-state index in [0.717, 1.165) is 16.6 Å². The van der Waals surface area contributed by atoms with E-state index in [9.17, 15) is 13.6 Å². The number of hydrogen-bond acceptors (Lipinski definition) is 1. The Labute approximate surface area is 112 Å². The molecule has 2 aromatic carbocycles. The van der Waals surface area contributed by atoms with Crippen LogP contribution in [0.2, 0.25) is 0 Å². The predicted molar refractivity (Wildman–Crippen MR) is 68.5 cm³/mol. The Hall–Kier alpha value is -1.55. The van der Waals surface area contributed by atoms with Crippen LogP contribution < -0.4 is 0 Å². The van der Waals surface area contributed by atoms with Crippen LogP contribution in [0.5, 0.6) is 0 Å². The number of rotatable bonds is 3. The maximum absolute atomic E-state index is 13.4. The minimum Gasteiger partial charge on any atom is -0.294 e. The average molecular weight is 311 g/mol. The van der Waals surface area contributed by atoms with Crippen LogP contribution in [0.1, 0.15) is 15.9 Å². The molecule has 0 heterocycles. The van der Waals surface area contributed by atoms with E-state index in [1.807, 2.05) is 0 Å². The highest BCUT2D eigenvalue weighted by molar-refractivity contribution is 9.10. The molecular formula is C14H9BrF2O. The van der Waals surface area contributed by atoms with Gasteiger partial charge in [0.15, 0.2) is 5.78 Å². The zero-order chi connectivity index (χ0) is 13.1. The first kappa shape index (κ1) is 12.9. The van der Waals surface area contributed by atoms with E-state index in [4.69, 9.17) is 0 Å². The highest BCUT2D eigenvalue weighted by atomic mass is 79.9. The summed E-state index contributed by atoms with van der Waals surface area (Å²) in [7, 11) is 0. The van der Waals surface area contributed by atoms with Crippen molar-refractivity contribution < 1.29 is 13.6 Å². The molecule has 1 nitrogen and oxygen atoms in total. The van der Waals surface area contributed by atoms with E-state index in [-0.39, 0.29) is 17.8 Å². The SMILES string of the molecule is O=C(Cc1ccc(F)cc1F)c1cccc(Br)c1. The monoisotopic (exact) mass is 310 g/mol. The summed E-state index contributed by atoms with van der Waals surface area (Å²) in [5, 5.41) is 0. The summed E-state index contributed by atoms with van der Waals surface area (Å²) in [6.45, 7) is 0. The number of halogens is 3. The molecule has 0 bridgehead atoms. The van der Waals surface area contributed by atoms with Gasteiger partial charge in [0.25, 0.3) is 0 Å². The fraction of sp³-hybridized carbons (Fsp3) is 0.0714. The third-order valence-corrected chi connectivity index (χ3v) is 3.01. The second kappa shape index (κ2) is 5.40. The third-order valence-electron chi connectivity index (χ3n) is 2.51. The van der Waals surface area contributed by atoms with Gasteiger partial charge in [-0.05, 0) is 23.8 Å². The topological polar surface area (TPSA) is 17.1 Å². The molecule has 0 amide bonds. The van der Waals surface area contributed by atoms with Crippen molar-refractivity contribution in [3.8, 4) is 0 Å². The van der Waals surface area contributed by atoms with E-state index in [2.05, 4.69) is 15.9 Å². The van der Waals surface area contributed by atoms with Gasteiger partial charge < -0.3 is 0 Å². The first-order chi connectivity index (χ1) is 8.56. The minimum atomic E-state index is -0.696. The van der Waals surface area contributed by atoms with Crippen molar-refractivity contribution >= 4 is 21.7 Å². The molecule has 0 aliphatic carbocycles. The van der Waals surface area contributed by atoms with Gasteiger partial charge in [0.2, 0.25) is 0 Å². The van der Waals surface area contributed by atoms with E-state index in [1.165, 1.54) is 6.07 Å². The zero-order valence-electron chi connectivity index (χ0n) is 9.29. The lowest BCUT2D eigenvalue weighted by molar-refractivity contribution is 0.0991. The third kappa shape index (κ3) is 3.01. The summed E-state index contributed by atoms with van der Waals surface area (Å²) < 4.78 is 26.9. The van der Waals surface area contributed by atoms with Gasteiger partial charge in [-0.3, -0.25) is 4.79 Å². The second-order valence-corrected chi connectivity index (χ2v) is 4.76. The van der Waals surface area contributed by atoms with Crippen LogP contribution in [0.25, 0.3) is 0 Å². The number of carbonyl (C=O) groups excluding carboxylic acids is 1. The first-order valence-corrected chi connectivity index (χ1v) is 6.08. The Morgan fingerprint density at radius 3 is 2.56 bits per heavy atom. The summed E-state index contributed by atoms with van der Waals surface area (Å²) in [5.74, 6) is -1.55. The molecule has 0 aromatic heterocycles. The van der Waals surface area contributed by atoms with E-state index < -0.39 is 11.6 Å². The Morgan fingerprint density at radius 2 is 1.89 bits per heavy atom. The molecular weight excluding hydrogens is 302 g/mol. The molecule has 2 rings (SSSR count). The fourth-order valence-electron chi connectivity index (χ4n) is 1.60. The number of hydrogen-bond donors (Lipinski definition) is 0. The van der Waals surface area contributed by atoms with Crippen LogP contribution in [0.3, 0.4) is 0 Å². The molecule has 0 saturated carbocycles. The Balaban J connectivity index is 2.21. The largest absolute Gasteiger partial charge is 0.294 e. The molecule has 2 aromatic rings. The summed E-state index contributed by atoms with van der Waals surface area (Å²) in [4.78, 5) is 11.9. The van der Waals surface area contributed by atoms with Gasteiger partial charge in [0.1, 0.15) is 11.6 Å². The smallest absolute Gasteiger partial charge is 0.167 e. The van der Waals surface area contributed by atoms with Gasteiger partial charge >= 0.3 is 0 Å². The molecule has 0 aliphatic rings. The molecule has 4 heteroatoms. The van der Waals surface area contributed by atoms with Crippen molar-refractivity contribution in [2.75, 3.05) is 0 Å². The van der Waals surface area contributed by atoms with E-state index in [1.54, 1.807) is 24.3 Å². The molecule has 0 spiro atoms. The van der Waals surface area contributed by atoms with Crippen LogP contribution >= 0.6 is 15.9 Å². The standard InChI is InChI=1S/C14H9BrF2O/c15-11-3-1-2-10(6-11)14(18)7-9-4-5-12(16)8-13(9)17/h1-6,8H,7H2. The van der Waals surface area contributed by atoms with Gasteiger partial charge in [-0.15, -0.1) is 0 Å². The highest BCUT2D eigenvalue weighted by Crippen LogP contribution is 2.16. The maximum atomic E-state index is 13.4. The maximum Gasteiger partial charge on any atom is 0.167 e. The van der Waals surface area contributed by atoms with Gasteiger partial charge in [-0.1, -0.05) is 34.1 Å². The molecule has 0 unspecified atom stereocenters. The van der Waals surface area contributed by atoms with Gasteiger partial charge in [-0.2, -0.15) is 0 Å². The number of benzene rings is 2. The molecule has 0 aliphatic heterocycles. The lowest BCUT2D eigenvalue weighted by Gasteiger charge is -2.03. The van der Waals surface area contributed by atoms with Gasteiger partial charge in [0, 0.05) is 22.5 Å². The summed E-state index contributed by atoms with van der Waals surface area (Å²) in [6.07, 6.45) is -0.0808. The number of ketones is 1. The number of Topliss-reactive ketones (excluding diaryl/α,β-unsaturated/α-hetero) is 1. The van der Waals surface area contributed by atoms with Crippen molar-refractivity contribution in [3.05, 3.63) is 69.7 Å². The second-order valence-electron chi connectivity index (χ2n) is 3.85. The Bertz CT molecular complexity index is 596. The van der Waals surface area contributed by atoms with Crippen molar-refractivity contribution in [1.82, 2.24) is 0 Å². The highest BCUT2D eigenvalue weighted by Gasteiger charge is 2.11. The molecule has 0 fully saturated rings. The number of carbonyl (C=O) groups is 1. The normalized spacial score (nSPS) is 10.4. The van der Waals surface area contributed by atoms with Crippen LogP contribution in [0, 0.1) is 11.6 Å². The van der Waals surface area contributed by atoms with Crippen molar-refractivity contribution in [3.63, 3.8) is 0 Å². The summed E-state index contributed by atoms with van der Waals surface area (Å²) in [6, 6.07) is 10.1. The first-order valence-electron chi connectivity index (χ1n) is 5.29. The van der Waals surface area contributed by atoms with Crippen molar-refractivity contribution in [1.29, 1.82) is 0 Å². The van der Waals surface area contributed by atoms with E-state index in [0.29, 0.717) is 5.56 Å². The molecule has 0 radical (unpaired) electrons. The van der Waals surface area contributed by atoms with Crippen LogP contribution in [-0.4, -0.2) is 5.78 Å². The fourth-order valence-corrected chi connectivity index (χ4v) is 2.00. The Morgan fingerprint density at radius 1 is 1.11 bits per heavy atom. The van der Waals surface area contributed by atoms with Crippen LogP contribution in [0.15, 0.2) is 46.9 Å². The Kier molecular flexibility index (Phi) is 3.87. The minimum absolute atomic E-state index is 0.0808. The molecule has 0 saturated heterocycles. The average Bonchev–Trinajstić information content (AvgIpc) is 2.32. The quantitative estimate of drug-likeness (QED) is 0.778. The van der Waals surface area contributed by atoms with Gasteiger partial charge in [-0.25, -0.2) is 8.78 Å². The molecule has 0 N–H and O–H groups in total. The van der Waals surface area contributed by atoms with Crippen molar-refractivity contribution in [2.45, 2.75) is 6.42 Å². The lowest BCUT2D eigenvalue weighted by atomic mass is 10.0.